The quantitative estimate of drug-likeness (QED) is 0.803. The van der Waals surface area contributed by atoms with Crippen molar-refractivity contribution in [2.24, 2.45) is 0 Å². The van der Waals surface area contributed by atoms with Gasteiger partial charge in [-0.2, -0.15) is 5.26 Å². The molecule has 5 nitrogen and oxygen atoms in total. The molecule has 2 N–H and O–H groups in total. The van der Waals surface area contributed by atoms with Gasteiger partial charge in [0.2, 0.25) is 10.0 Å². The van der Waals surface area contributed by atoms with Crippen molar-refractivity contribution in [1.29, 1.82) is 5.26 Å². The SMILES string of the molecule is CCC(C#N)S(=O)(=O)N[C@H](CO)c1ccccc1. The van der Waals surface area contributed by atoms with Crippen LogP contribution in [-0.2, 0) is 10.0 Å². The molecule has 18 heavy (non-hydrogen) atoms. The monoisotopic (exact) mass is 268 g/mol. The Morgan fingerprint density at radius 2 is 2.00 bits per heavy atom. The zero-order chi connectivity index (χ0) is 13.6. The first-order valence-corrected chi connectivity index (χ1v) is 7.16. The molecule has 98 valence electrons. The minimum Gasteiger partial charge on any atom is -0.394 e. The van der Waals surface area contributed by atoms with Gasteiger partial charge in [-0.3, -0.25) is 0 Å². The summed E-state index contributed by atoms with van der Waals surface area (Å²) in [7, 11) is -3.75. The lowest BCUT2D eigenvalue weighted by atomic mass is 10.1. The first-order valence-electron chi connectivity index (χ1n) is 5.61. The van der Waals surface area contributed by atoms with Crippen LogP contribution in [-0.4, -0.2) is 25.4 Å². The highest BCUT2D eigenvalue weighted by Gasteiger charge is 2.26. The molecule has 0 aromatic heterocycles. The van der Waals surface area contributed by atoms with E-state index in [9.17, 15) is 13.5 Å². The third-order valence-electron chi connectivity index (χ3n) is 2.58. The van der Waals surface area contributed by atoms with Gasteiger partial charge >= 0.3 is 0 Å². The normalized spacial score (nSPS) is 14.7. The lowest BCUT2D eigenvalue weighted by Gasteiger charge is -2.18. The summed E-state index contributed by atoms with van der Waals surface area (Å²) in [6.45, 7) is 1.27. The highest BCUT2D eigenvalue weighted by molar-refractivity contribution is 7.90. The van der Waals surface area contributed by atoms with Crippen LogP contribution in [0.15, 0.2) is 30.3 Å². The van der Waals surface area contributed by atoms with Gasteiger partial charge in [-0.05, 0) is 12.0 Å². The molecular weight excluding hydrogens is 252 g/mol. The molecule has 0 spiro atoms. The smallest absolute Gasteiger partial charge is 0.228 e. The second-order valence-corrected chi connectivity index (χ2v) is 5.73. The van der Waals surface area contributed by atoms with Gasteiger partial charge in [0.05, 0.1) is 18.7 Å². The fourth-order valence-corrected chi connectivity index (χ4v) is 2.91. The molecule has 0 saturated heterocycles. The number of nitriles is 1. The molecule has 1 unspecified atom stereocenters. The van der Waals surface area contributed by atoms with Gasteiger partial charge in [-0.1, -0.05) is 37.3 Å². The Bertz CT molecular complexity index is 508. The summed E-state index contributed by atoms with van der Waals surface area (Å²) in [5.41, 5.74) is 0.663. The Morgan fingerprint density at radius 3 is 2.44 bits per heavy atom. The molecule has 0 aliphatic heterocycles. The molecular formula is C12H16N2O3S. The third-order valence-corrected chi connectivity index (χ3v) is 4.38. The van der Waals surface area contributed by atoms with Gasteiger partial charge in [-0.25, -0.2) is 13.1 Å². The predicted molar refractivity (Wildman–Crippen MR) is 68.0 cm³/mol. The zero-order valence-corrected chi connectivity index (χ0v) is 10.9. The molecule has 0 bridgehead atoms. The lowest BCUT2D eigenvalue weighted by Crippen LogP contribution is -2.37. The summed E-state index contributed by atoms with van der Waals surface area (Å²) in [5, 5.41) is 16.9. The van der Waals surface area contributed by atoms with Crippen LogP contribution in [0, 0.1) is 11.3 Å². The van der Waals surface area contributed by atoms with E-state index in [0.717, 1.165) is 0 Å². The Morgan fingerprint density at radius 1 is 1.39 bits per heavy atom. The number of aliphatic hydroxyl groups is 1. The molecule has 0 radical (unpaired) electrons. The van der Waals surface area contributed by atoms with Gasteiger partial charge in [0.25, 0.3) is 0 Å². The van der Waals surface area contributed by atoms with Crippen LogP contribution in [0.3, 0.4) is 0 Å². The standard InChI is InChI=1S/C12H16N2O3S/c1-2-11(8-13)18(16,17)14-12(9-15)10-6-4-3-5-7-10/h3-7,11-12,14-15H,2,9H2,1H3/t11?,12-/m1/s1. The van der Waals surface area contributed by atoms with E-state index in [2.05, 4.69) is 4.72 Å². The first-order chi connectivity index (χ1) is 8.55. The first kappa shape index (κ1) is 14.6. The number of sulfonamides is 1. The average molecular weight is 268 g/mol. The summed E-state index contributed by atoms with van der Waals surface area (Å²) in [6.07, 6.45) is 0.207. The van der Waals surface area contributed by atoms with E-state index in [1.807, 2.05) is 0 Å². The number of aliphatic hydroxyl groups excluding tert-OH is 1. The van der Waals surface area contributed by atoms with Crippen molar-refractivity contribution < 1.29 is 13.5 Å². The highest BCUT2D eigenvalue weighted by atomic mass is 32.2. The van der Waals surface area contributed by atoms with E-state index in [0.29, 0.717) is 5.56 Å². The summed E-state index contributed by atoms with van der Waals surface area (Å²) >= 11 is 0. The summed E-state index contributed by atoms with van der Waals surface area (Å²) in [4.78, 5) is 0. The van der Waals surface area contributed by atoms with E-state index in [-0.39, 0.29) is 13.0 Å². The molecule has 2 atom stereocenters. The summed E-state index contributed by atoms with van der Waals surface area (Å²) in [6, 6.07) is 9.77. The lowest BCUT2D eigenvalue weighted by molar-refractivity contribution is 0.258. The van der Waals surface area contributed by atoms with Gasteiger partial charge in [0.1, 0.15) is 0 Å². The van der Waals surface area contributed by atoms with Crippen LogP contribution < -0.4 is 4.72 Å². The van der Waals surface area contributed by atoms with Crippen molar-refractivity contribution in [2.75, 3.05) is 6.61 Å². The van der Waals surface area contributed by atoms with Crippen LogP contribution >= 0.6 is 0 Å². The van der Waals surface area contributed by atoms with Gasteiger partial charge in [0, 0.05) is 0 Å². The number of rotatable bonds is 6. The fraction of sp³-hybridized carbons (Fsp3) is 0.417. The van der Waals surface area contributed by atoms with Crippen LogP contribution in [0.25, 0.3) is 0 Å². The second kappa shape index (κ2) is 6.50. The topological polar surface area (TPSA) is 90.2 Å². The van der Waals surface area contributed by atoms with E-state index in [4.69, 9.17) is 5.26 Å². The molecule has 1 rings (SSSR count). The highest BCUT2D eigenvalue weighted by Crippen LogP contribution is 2.15. The fourth-order valence-electron chi connectivity index (χ4n) is 1.56. The Balaban J connectivity index is 2.92. The second-order valence-electron chi connectivity index (χ2n) is 3.83. The van der Waals surface area contributed by atoms with Crippen LogP contribution in [0.1, 0.15) is 24.9 Å². The van der Waals surface area contributed by atoms with Gasteiger partial charge in [-0.15, -0.1) is 0 Å². The molecule has 0 aliphatic rings. The van der Waals surface area contributed by atoms with Crippen molar-refractivity contribution in [3.05, 3.63) is 35.9 Å². The van der Waals surface area contributed by atoms with Crippen LogP contribution in [0.4, 0.5) is 0 Å². The number of hydrogen-bond acceptors (Lipinski definition) is 4. The third kappa shape index (κ3) is 3.53. The molecule has 0 saturated carbocycles. The van der Waals surface area contributed by atoms with Crippen molar-refractivity contribution >= 4 is 10.0 Å². The Labute approximate surface area is 107 Å². The van der Waals surface area contributed by atoms with Crippen LogP contribution in [0.5, 0.6) is 0 Å². The minimum absolute atomic E-state index is 0.207. The Kier molecular flexibility index (Phi) is 5.28. The number of hydrogen-bond donors (Lipinski definition) is 2. The van der Waals surface area contributed by atoms with E-state index in [1.165, 1.54) is 0 Å². The maximum absolute atomic E-state index is 11.9. The average Bonchev–Trinajstić information content (AvgIpc) is 2.38. The number of nitrogens with zero attached hydrogens (tertiary/aromatic N) is 1. The van der Waals surface area contributed by atoms with Crippen molar-refractivity contribution in [2.45, 2.75) is 24.6 Å². The molecule has 0 fully saturated rings. The molecule has 6 heteroatoms. The summed E-state index contributed by atoms with van der Waals surface area (Å²) < 4.78 is 26.1. The zero-order valence-electron chi connectivity index (χ0n) is 10.1. The van der Waals surface area contributed by atoms with Crippen molar-refractivity contribution in [3.8, 4) is 6.07 Å². The van der Waals surface area contributed by atoms with E-state index in [1.54, 1.807) is 43.3 Å². The predicted octanol–water partition coefficient (Wildman–Crippen LogP) is 0.942. The van der Waals surface area contributed by atoms with Gasteiger partial charge in [0.15, 0.2) is 5.25 Å². The van der Waals surface area contributed by atoms with E-state index < -0.39 is 21.3 Å². The van der Waals surface area contributed by atoms with Crippen molar-refractivity contribution in [3.63, 3.8) is 0 Å². The molecule has 0 aliphatic carbocycles. The molecule has 1 aromatic carbocycles. The molecule has 1 aromatic rings. The molecule has 0 heterocycles. The minimum atomic E-state index is -3.75. The number of benzene rings is 1. The molecule has 0 amide bonds. The van der Waals surface area contributed by atoms with E-state index >= 15 is 0 Å². The number of nitrogens with one attached hydrogen (secondary N) is 1. The van der Waals surface area contributed by atoms with Crippen LogP contribution in [0.2, 0.25) is 0 Å². The maximum atomic E-state index is 11.9. The maximum Gasteiger partial charge on any atom is 0.228 e. The largest absolute Gasteiger partial charge is 0.394 e. The summed E-state index contributed by atoms with van der Waals surface area (Å²) in [5.74, 6) is 0. The van der Waals surface area contributed by atoms with Gasteiger partial charge < -0.3 is 5.11 Å². The Hall–Kier alpha value is -1.42. The van der Waals surface area contributed by atoms with Crippen molar-refractivity contribution in [1.82, 2.24) is 4.72 Å².